The summed E-state index contributed by atoms with van der Waals surface area (Å²) >= 11 is 0. The smallest absolute Gasteiger partial charge is 0.168 e. The Balaban J connectivity index is 4.52. The van der Waals surface area contributed by atoms with E-state index in [0.717, 1.165) is 19.4 Å². The highest BCUT2D eigenvalue weighted by Gasteiger charge is 2.29. The molecule has 0 atom stereocenters. The zero-order valence-corrected chi connectivity index (χ0v) is 31.6. The van der Waals surface area contributed by atoms with E-state index in [1.807, 2.05) is 14.2 Å². The van der Waals surface area contributed by atoms with E-state index in [1.165, 1.54) is 161 Å². The standard InChI is InChI=1S/C40H83NO2/c1-10-11-12-13-16-23-28-33-40(42-8,43-9)34-37-41(35-29-24-19-14-17-21-26-31-38(2,3)4)36-30-25-20-15-18-22-27-32-39(5,6)7/h10-37H2,1-9H3. The second kappa shape index (κ2) is 27.0. The summed E-state index contributed by atoms with van der Waals surface area (Å²) < 4.78 is 12.1. The van der Waals surface area contributed by atoms with Gasteiger partial charge in [-0.1, -0.05) is 164 Å². The quantitative estimate of drug-likeness (QED) is 0.0576. The van der Waals surface area contributed by atoms with E-state index >= 15 is 0 Å². The van der Waals surface area contributed by atoms with Crippen molar-refractivity contribution in [1.82, 2.24) is 4.90 Å². The van der Waals surface area contributed by atoms with Crippen LogP contribution in [0.5, 0.6) is 0 Å². The highest BCUT2D eigenvalue weighted by atomic mass is 16.7. The van der Waals surface area contributed by atoms with Gasteiger partial charge in [0, 0.05) is 33.6 Å². The molecule has 3 heteroatoms. The van der Waals surface area contributed by atoms with Gasteiger partial charge < -0.3 is 14.4 Å². The van der Waals surface area contributed by atoms with Crippen LogP contribution in [0.2, 0.25) is 0 Å². The zero-order valence-electron chi connectivity index (χ0n) is 31.6. The van der Waals surface area contributed by atoms with Crippen LogP contribution in [0.3, 0.4) is 0 Å². The van der Waals surface area contributed by atoms with E-state index in [4.69, 9.17) is 9.47 Å². The first-order valence-electron chi connectivity index (χ1n) is 19.3. The molecule has 0 rings (SSSR count). The maximum atomic E-state index is 6.06. The molecule has 0 radical (unpaired) electrons. The molecule has 0 unspecified atom stereocenters. The van der Waals surface area contributed by atoms with Crippen LogP contribution in [-0.4, -0.2) is 44.5 Å². The summed E-state index contributed by atoms with van der Waals surface area (Å²) in [6.07, 6.45) is 33.5. The van der Waals surface area contributed by atoms with Gasteiger partial charge in [-0.15, -0.1) is 0 Å². The summed E-state index contributed by atoms with van der Waals surface area (Å²) in [6, 6.07) is 0. The molecule has 0 amide bonds. The van der Waals surface area contributed by atoms with Crippen molar-refractivity contribution < 1.29 is 9.47 Å². The van der Waals surface area contributed by atoms with E-state index < -0.39 is 5.79 Å². The average Bonchev–Trinajstić information content (AvgIpc) is 2.95. The van der Waals surface area contributed by atoms with Crippen molar-refractivity contribution in [2.24, 2.45) is 10.8 Å². The fourth-order valence-electron chi connectivity index (χ4n) is 6.38. The van der Waals surface area contributed by atoms with E-state index in [0.29, 0.717) is 10.8 Å². The van der Waals surface area contributed by atoms with Gasteiger partial charge in [-0.3, -0.25) is 0 Å². The summed E-state index contributed by atoms with van der Waals surface area (Å²) in [7, 11) is 3.72. The van der Waals surface area contributed by atoms with Crippen LogP contribution in [0.15, 0.2) is 0 Å². The van der Waals surface area contributed by atoms with Crippen molar-refractivity contribution in [3.05, 3.63) is 0 Å². The summed E-state index contributed by atoms with van der Waals surface area (Å²) in [5, 5.41) is 0. The molecule has 0 saturated carbocycles. The molecule has 0 bridgehead atoms. The van der Waals surface area contributed by atoms with Gasteiger partial charge in [0.05, 0.1) is 0 Å². The third-order valence-electron chi connectivity index (χ3n) is 9.52. The number of hydrogen-bond donors (Lipinski definition) is 0. The highest BCUT2D eigenvalue weighted by molar-refractivity contribution is 4.73. The summed E-state index contributed by atoms with van der Waals surface area (Å²) in [5.41, 5.74) is 0.986. The lowest BCUT2D eigenvalue weighted by Crippen LogP contribution is -2.39. The SMILES string of the molecule is CCCCCCCCCC(CCN(CCCCCCCCCC(C)(C)C)CCCCCCCCCC(C)(C)C)(OC)OC. The number of nitrogens with zero attached hydrogens (tertiary/aromatic N) is 1. The van der Waals surface area contributed by atoms with Crippen LogP contribution in [-0.2, 0) is 9.47 Å². The molecule has 0 aliphatic rings. The summed E-state index contributed by atoms with van der Waals surface area (Å²) in [5.74, 6) is -0.415. The Morgan fingerprint density at radius 1 is 0.372 bits per heavy atom. The van der Waals surface area contributed by atoms with Crippen molar-refractivity contribution in [2.75, 3.05) is 33.9 Å². The lowest BCUT2D eigenvalue weighted by atomic mass is 9.89. The van der Waals surface area contributed by atoms with Gasteiger partial charge in [0.25, 0.3) is 0 Å². The molecule has 0 aromatic rings. The first-order chi connectivity index (χ1) is 20.5. The molecule has 0 heterocycles. The summed E-state index contributed by atoms with van der Waals surface area (Å²) in [6.45, 7) is 20.1. The van der Waals surface area contributed by atoms with Crippen LogP contribution in [0.25, 0.3) is 0 Å². The van der Waals surface area contributed by atoms with Gasteiger partial charge in [0.15, 0.2) is 5.79 Å². The molecular weight excluding hydrogens is 526 g/mol. The van der Waals surface area contributed by atoms with Gasteiger partial charge in [0.1, 0.15) is 0 Å². The van der Waals surface area contributed by atoms with Crippen molar-refractivity contribution >= 4 is 0 Å². The first kappa shape index (κ1) is 42.9. The van der Waals surface area contributed by atoms with E-state index in [9.17, 15) is 0 Å². The lowest BCUT2D eigenvalue weighted by Gasteiger charge is -2.34. The minimum absolute atomic E-state index is 0.415. The fourth-order valence-corrected chi connectivity index (χ4v) is 6.38. The van der Waals surface area contributed by atoms with Gasteiger partial charge in [0.2, 0.25) is 0 Å². The van der Waals surface area contributed by atoms with Crippen LogP contribution < -0.4 is 0 Å². The predicted molar refractivity (Wildman–Crippen MR) is 193 cm³/mol. The Hall–Kier alpha value is -0.120. The molecule has 260 valence electrons. The normalized spacial score (nSPS) is 13.0. The molecule has 0 aliphatic heterocycles. The molecule has 0 aromatic carbocycles. The molecule has 0 aliphatic carbocycles. The monoisotopic (exact) mass is 610 g/mol. The molecule has 43 heavy (non-hydrogen) atoms. The van der Waals surface area contributed by atoms with Gasteiger partial charge in [-0.05, 0) is 56.0 Å². The topological polar surface area (TPSA) is 21.7 Å². The molecule has 0 spiro atoms. The Bertz CT molecular complexity index is 540. The molecule has 0 saturated heterocycles. The second-order valence-corrected chi connectivity index (χ2v) is 16.4. The van der Waals surface area contributed by atoms with Gasteiger partial charge >= 0.3 is 0 Å². The third-order valence-corrected chi connectivity index (χ3v) is 9.52. The van der Waals surface area contributed by atoms with Crippen molar-refractivity contribution in [3.63, 3.8) is 0 Å². The predicted octanol–water partition coefficient (Wildman–Crippen LogP) is 13.1. The third kappa shape index (κ3) is 29.1. The largest absolute Gasteiger partial charge is 0.353 e. The Morgan fingerprint density at radius 3 is 1.05 bits per heavy atom. The number of rotatable bonds is 31. The lowest BCUT2D eigenvalue weighted by molar-refractivity contribution is -0.217. The Labute approximate surface area is 273 Å². The molecule has 0 fully saturated rings. The van der Waals surface area contributed by atoms with Crippen LogP contribution >= 0.6 is 0 Å². The van der Waals surface area contributed by atoms with E-state index in [1.54, 1.807) is 0 Å². The minimum atomic E-state index is -0.415. The summed E-state index contributed by atoms with van der Waals surface area (Å²) in [4.78, 5) is 2.74. The zero-order chi connectivity index (χ0) is 32.3. The number of unbranched alkanes of at least 4 members (excludes halogenated alkanes) is 18. The van der Waals surface area contributed by atoms with Crippen LogP contribution in [0.1, 0.15) is 209 Å². The second-order valence-electron chi connectivity index (χ2n) is 16.4. The maximum absolute atomic E-state index is 6.06. The number of hydrogen-bond acceptors (Lipinski definition) is 3. The van der Waals surface area contributed by atoms with Crippen molar-refractivity contribution in [1.29, 1.82) is 0 Å². The number of methoxy groups -OCH3 is 2. The molecule has 3 nitrogen and oxygen atoms in total. The maximum Gasteiger partial charge on any atom is 0.168 e. The van der Waals surface area contributed by atoms with Gasteiger partial charge in [-0.25, -0.2) is 0 Å². The molecular formula is C40H83NO2. The first-order valence-corrected chi connectivity index (χ1v) is 19.3. The molecule has 0 aromatic heterocycles. The highest BCUT2D eigenvalue weighted by Crippen LogP contribution is 2.26. The molecule has 0 N–H and O–H groups in total. The van der Waals surface area contributed by atoms with Gasteiger partial charge in [-0.2, -0.15) is 0 Å². The Kier molecular flexibility index (Phi) is 27.0. The fraction of sp³-hybridized carbons (Fsp3) is 1.00. The van der Waals surface area contributed by atoms with Crippen LogP contribution in [0.4, 0.5) is 0 Å². The number of ether oxygens (including phenoxy) is 2. The van der Waals surface area contributed by atoms with Crippen LogP contribution in [0, 0.1) is 10.8 Å². The average molecular weight is 610 g/mol. The van der Waals surface area contributed by atoms with Crippen molar-refractivity contribution in [2.45, 2.75) is 215 Å². The van der Waals surface area contributed by atoms with E-state index in [-0.39, 0.29) is 0 Å². The van der Waals surface area contributed by atoms with Crippen molar-refractivity contribution in [3.8, 4) is 0 Å². The Morgan fingerprint density at radius 2 is 0.698 bits per heavy atom. The minimum Gasteiger partial charge on any atom is -0.353 e. The van der Waals surface area contributed by atoms with E-state index in [2.05, 4.69) is 53.4 Å².